The molecular formula is C13H6N4S. The first-order valence-corrected chi connectivity index (χ1v) is 5.80. The predicted octanol–water partition coefficient (Wildman–Crippen LogP) is 2.86. The summed E-state index contributed by atoms with van der Waals surface area (Å²) < 4.78 is 1.90. The van der Waals surface area contributed by atoms with Crippen molar-refractivity contribution < 1.29 is 0 Å². The van der Waals surface area contributed by atoms with Gasteiger partial charge in [-0.3, -0.25) is 0 Å². The van der Waals surface area contributed by atoms with Crippen LogP contribution in [-0.4, -0.2) is 4.57 Å². The third kappa shape index (κ3) is 2.01. The van der Waals surface area contributed by atoms with Crippen molar-refractivity contribution in [1.29, 1.82) is 15.8 Å². The van der Waals surface area contributed by atoms with Gasteiger partial charge in [0.05, 0.1) is 10.6 Å². The predicted molar refractivity (Wildman–Crippen MR) is 67.4 cm³/mol. The average Bonchev–Trinajstić information content (AvgIpc) is 3.05. The van der Waals surface area contributed by atoms with Crippen LogP contribution in [0.1, 0.15) is 4.88 Å². The molecular weight excluding hydrogens is 244 g/mol. The van der Waals surface area contributed by atoms with Crippen LogP contribution in [0, 0.1) is 34.0 Å². The average molecular weight is 250 g/mol. The van der Waals surface area contributed by atoms with Crippen LogP contribution >= 0.6 is 11.3 Å². The standard InChI is InChI=1S/C13H6N4S/c14-7-10(8-15)11(9-16)12-3-4-13(18-12)17-5-1-2-6-17/h1-6H. The topological polar surface area (TPSA) is 76.3 Å². The van der Waals surface area contributed by atoms with Gasteiger partial charge >= 0.3 is 0 Å². The summed E-state index contributed by atoms with van der Waals surface area (Å²) in [5.41, 5.74) is -0.0261. The monoisotopic (exact) mass is 250 g/mol. The fraction of sp³-hybridized carbons (Fsp3) is 0. The van der Waals surface area contributed by atoms with E-state index in [0.717, 1.165) is 5.00 Å². The zero-order valence-electron chi connectivity index (χ0n) is 9.16. The van der Waals surface area contributed by atoms with Gasteiger partial charge in [-0.25, -0.2) is 0 Å². The highest BCUT2D eigenvalue weighted by atomic mass is 32.1. The van der Waals surface area contributed by atoms with E-state index >= 15 is 0 Å². The van der Waals surface area contributed by atoms with E-state index in [0.29, 0.717) is 4.88 Å². The molecule has 0 aliphatic carbocycles. The van der Waals surface area contributed by atoms with E-state index in [1.807, 2.05) is 41.2 Å². The summed E-state index contributed by atoms with van der Waals surface area (Å²) in [7, 11) is 0. The molecule has 4 nitrogen and oxygen atoms in total. The highest BCUT2D eigenvalue weighted by Gasteiger charge is 2.11. The molecule has 0 aromatic carbocycles. The van der Waals surface area contributed by atoms with Crippen molar-refractivity contribution in [3.05, 3.63) is 47.1 Å². The molecule has 0 bridgehead atoms. The lowest BCUT2D eigenvalue weighted by Crippen LogP contribution is -1.83. The third-order valence-electron chi connectivity index (χ3n) is 2.28. The van der Waals surface area contributed by atoms with E-state index in [9.17, 15) is 0 Å². The van der Waals surface area contributed by atoms with Crippen molar-refractivity contribution >= 4 is 16.9 Å². The van der Waals surface area contributed by atoms with Gasteiger partial charge in [0.15, 0.2) is 0 Å². The number of allylic oxidation sites excluding steroid dienone is 2. The minimum atomic E-state index is -0.154. The fourth-order valence-electron chi connectivity index (χ4n) is 1.45. The minimum absolute atomic E-state index is 0.128. The maximum absolute atomic E-state index is 9.04. The lowest BCUT2D eigenvalue weighted by Gasteiger charge is -1.96. The van der Waals surface area contributed by atoms with Crippen LogP contribution in [0.4, 0.5) is 0 Å². The second-order valence-electron chi connectivity index (χ2n) is 3.31. The van der Waals surface area contributed by atoms with Crippen LogP contribution in [0.2, 0.25) is 0 Å². The molecule has 2 rings (SSSR count). The highest BCUT2D eigenvalue weighted by molar-refractivity contribution is 7.15. The molecule has 0 N–H and O–H groups in total. The van der Waals surface area contributed by atoms with Crippen LogP contribution < -0.4 is 0 Å². The second-order valence-corrected chi connectivity index (χ2v) is 4.38. The summed E-state index contributed by atoms with van der Waals surface area (Å²) in [5, 5.41) is 27.6. The van der Waals surface area contributed by atoms with Gasteiger partial charge in [0, 0.05) is 17.3 Å². The second kappa shape index (κ2) is 5.01. The minimum Gasteiger partial charge on any atom is -0.316 e. The van der Waals surface area contributed by atoms with E-state index in [1.54, 1.807) is 18.2 Å². The first kappa shape index (κ1) is 11.7. The smallest absolute Gasteiger partial charge is 0.148 e. The maximum Gasteiger partial charge on any atom is 0.148 e. The summed E-state index contributed by atoms with van der Waals surface area (Å²) in [6.45, 7) is 0. The Morgan fingerprint density at radius 1 is 1.00 bits per heavy atom. The van der Waals surface area contributed by atoms with Gasteiger partial charge in [-0.1, -0.05) is 0 Å². The largest absolute Gasteiger partial charge is 0.316 e. The lowest BCUT2D eigenvalue weighted by molar-refractivity contribution is 1.11. The quantitative estimate of drug-likeness (QED) is 0.769. The molecule has 0 radical (unpaired) electrons. The molecule has 0 spiro atoms. The Kier molecular flexibility index (Phi) is 3.25. The molecule has 0 saturated heterocycles. The number of aromatic nitrogens is 1. The zero-order valence-corrected chi connectivity index (χ0v) is 9.98. The summed E-state index contributed by atoms with van der Waals surface area (Å²) in [6, 6.07) is 12.8. The van der Waals surface area contributed by atoms with E-state index in [4.69, 9.17) is 15.8 Å². The number of thiophene rings is 1. The number of hydrogen-bond acceptors (Lipinski definition) is 4. The Bertz CT molecular complexity index is 698. The maximum atomic E-state index is 9.04. The molecule has 5 heteroatoms. The summed E-state index contributed by atoms with van der Waals surface area (Å²) in [5.74, 6) is 0. The molecule has 2 heterocycles. The van der Waals surface area contributed by atoms with Crippen LogP contribution in [-0.2, 0) is 0 Å². The molecule has 0 amide bonds. The van der Waals surface area contributed by atoms with E-state index in [2.05, 4.69) is 0 Å². The summed E-state index contributed by atoms with van der Waals surface area (Å²) >= 11 is 1.36. The first-order valence-electron chi connectivity index (χ1n) is 4.98. The molecule has 0 unspecified atom stereocenters. The molecule has 0 aliphatic rings. The van der Waals surface area contributed by atoms with Gasteiger partial charge in [0.25, 0.3) is 0 Å². The molecule has 84 valence electrons. The Morgan fingerprint density at radius 3 is 2.22 bits per heavy atom. The molecule has 2 aromatic rings. The van der Waals surface area contributed by atoms with Gasteiger partial charge < -0.3 is 4.57 Å². The van der Waals surface area contributed by atoms with Gasteiger partial charge in [0.2, 0.25) is 0 Å². The van der Waals surface area contributed by atoms with Crippen LogP contribution in [0.5, 0.6) is 0 Å². The highest BCUT2D eigenvalue weighted by Crippen LogP contribution is 2.28. The molecule has 18 heavy (non-hydrogen) atoms. The number of hydrogen-bond donors (Lipinski definition) is 0. The normalized spacial score (nSPS) is 8.94. The van der Waals surface area contributed by atoms with E-state index < -0.39 is 0 Å². The van der Waals surface area contributed by atoms with Crippen molar-refractivity contribution in [1.82, 2.24) is 4.57 Å². The van der Waals surface area contributed by atoms with Crippen molar-refractivity contribution in [3.8, 4) is 23.2 Å². The van der Waals surface area contributed by atoms with Gasteiger partial charge in [-0.2, -0.15) is 15.8 Å². The van der Waals surface area contributed by atoms with Crippen LogP contribution in [0.3, 0.4) is 0 Å². The van der Waals surface area contributed by atoms with Crippen molar-refractivity contribution in [2.45, 2.75) is 0 Å². The number of nitrogens with zero attached hydrogens (tertiary/aromatic N) is 4. The fourth-order valence-corrected chi connectivity index (χ4v) is 2.43. The lowest BCUT2D eigenvalue weighted by atomic mass is 10.1. The SMILES string of the molecule is N#CC(C#N)=C(C#N)c1ccc(-n2cccc2)s1. The van der Waals surface area contributed by atoms with E-state index in [1.165, 1.54) is 11.3 Å². The first-order chi connectivity index (χ1) is 8.80. The Balaban J connectivity index is 2.49. The molecule has 0 aliphatic heterocycles. The van der Waals surface area contributed by atoms with Crippen molar-refractivity contribution in [2.24, 2.45) is 0 Å². The molecule has 0 fully saturated rings. The van der Waals surface area contributed by atoms with E-state index in [-0.39, 0.29) is 11.1 Å². The molecule has 2 aromatic heterocycles. The van der Waals surface area contributed by atoms with Gasteiger partial charge in [-0.05, 0) is 24.3 Å². The summed E-state index contributed by atoms with van der Waals surface area (Å²) in [4.78, 5) is 0.624. The van der Waals surface area contributed by atoms with Gasteiger partial charge in [-0.15, -0.1) is 11.3 Å². The molecule has 0 saturated carbocycles. The van der Waals surface area contributed by atoms with Crippen LogP contribution in [0.15, 0.2) is 42.2 Å². The zero-order chi connectivity index (χ0) is 13.0. The van der Waals surface area contributed by atoms with Gasteiger partial charge in [0.1, 0.15) is 23.8 Å². The Labute approximate surface area is 108 Å². The Morgan fingerprint density at radius 2 is 1.67 bits per heavy atom. The number of nitriles is 3. The van der Waals surface area contributed by atoms with Crippen molar-refractivity contribution in [2.75, 3.05) is 0 Å². The Hall–Kier alpha value is -2.81. The third-order valence-corrected chi connectivity index (χ3v) is 3.40. The summed E-state index contributed by atoms with van der Waals surface area (Å²) in [6.07, 6.45) is 3.78. The van der Waals surface area contributed by atoms with Crippen molar-refractivity contribution in [3.63, 3.8) is 0 Å². The van der Waals surface area contributed by atoms with Crippen LogP contribution in [0.25, 0.3) is 10.6 Å². The molecule has 0 atom stereocenters. The number of rotatable bonds is 2.